The van der Waals surface area contributed by atoms with Crippen molar-refractivity contribution in [3.63, 3.8) is 0 Å². The summed E-state index contributed by atoms with van der Waals surface area (Å²) in [5, 5.41) is 3.81. The zero-order valence-corrected chi connectivity index (χ0v) is 14.9. The number of nitrogens with one attached hydrogen (secondary N) is 1. The molecule has 0 unspecified atom stereocenters. The van der Waals surface area contributed by atoms with Crippen LogP contribution in [-0.2, 0) is 13.0 Å². The van der Waals surface area contributed by atoms with Gasteiger partial charge in [0.2, 0.25) is 0 Å². The first-order valence-corrected chi connectivity index (χ1v) is 8.91. The summed E-state index contributed by atoms with van der Waals surface area (Å²) in [4.78, 5) is 21.3. The number of aromatic nitrogens is 3. The number of thiazole rings is 1. The van der Waals surface area contributed by atoms with Crippen LogP contribution in [0.1, 0.15) is 39.3 Å². The molecule has 0 aliphatic heterocycles. The number of halogens is 1. The molecular weight excluding hydrogens is 339 g/mol. The Morgan fingerprint density at radius 3 is 2.92 bits per heavy atom. The second-order valence-electron chi connectivity index (χ2n) is 5.71. The highest BCUT2D eigenvalue weighted by atomic mass is 32.1. The van der Waals surface area contributed by atoms with Gasteiger partial charge in [-0.15, -0.1) is 11.3 Å². The Hall–Kier alpha value is -2.54. The van der Waals surface area contributed by atoms with E-state index in [9.17, 15) is 9.18 Å². The minimum atomic E-state index is -0.357. The molecular formula is C18H19FN4OS. The largest absolute Gasteiger partial charge is 0.347 e. The van der Waals surface area contributed by atoms with Crippen molar-refractivity contribution in [2.24, 2.45) is 0 Å². The number of rotatable bonds is 6. The van der Waals surface area contributed by atoms with Gasteiger partial charge in [-0.2, -0.15) is 0 Å². The van der Waals surface area contributed by atoms with E-state index in [2.05, 4.69) is 22.2 Å². The predicted molar refractivity (Wildman–Crippen MR) is 95.5 cm³/mol. The van der Waals surface area contributed by atoms with E-state index in [0.29, 0.717) is 16.1 Å². The first kappa shape index (κ1) is 17.3. The van der Waals surface area contributed by atoms with Crippen molar-refractivity contribution < 1.29 is 9.18 Å². The normalized spacial score (nSPS) is 10.8. The molecule has 0 radical (unpaired) electrons. The van der Waals surface area contributed by atoms with Gasteiger partial charge in [-0.1, -0.05) is 13.0 Å². The summed E-state index contributed by atoms with van der Waals surface area (Å²) in [6, 6.07) is 4.90. The van der Waals surface area contributed by atoms with E-state index in [1.807, 2.05) is 6.92 Å². The lowest BCUT2D eigenvalue weighted by molar-refractivity contribution is 0.0954. The van der Waals surface area contributed by atoms with Crippen molar-refractivity contribution in [1.82, 2.24) is 19.9 Å². The SMILES string of the molecule is CCCc1nc(C)c(C(=O)NCc2ccc(-n3ccnc3)c(F)c2)s1. The first-order chi connectivity index (χ1) is 12.1. The minimum Gasteiger partial charge on any atom is -0.347 e. The minimum absolute atomic E-state index is 0.170. The second-order valence-corrected chi connectivity index (χ2v) is 6.79. The van der Waals surface area contributed by atoms with Crippen LogP contribution in [-0.4, -0.2) is 20.4 Å². The molecule has 2 heterocycles. The molecule has 1 N–H and O–H groups in total. The quantitative estimate of drug-likeness (QED) is 0.731. The summed E-state index contributed by atoms with van der Waals surface area (Å²) in [6.45, 7) is 4.18. The van der Waals surface area contributed by atoms with Crippen molar-refractivity contribution in [3.05, 3.63) is 63.9 Å². The summed E-state index contributed by atoms with van der Waals surface area (Å²) in [5.41, 5.74) is 1.87. The van der Waals surface area contributed by atoms with E-state index in [1.54, 1.807) is 35.4 Å². The molecule has 0 aliphatic carbocycles. The van der Waals surface area contributed by atoms with Crippen LogP contribution in [0.15, 0.2) is 36.9 Å². The van der Waals surface area contributed by atoms with E-state index < -0.39 is 0 Å². The molecule has 25 heavy (non-hydrogen) atoms. The van der Waals surface area contributed by atoms with Crippen LogP contribution in [0.2, 0.25) is 0 Å². The van der Waals surface area contributed by atoms with Crippen molar-refractivity contribution in [3.8, 4) is 5.69 Å². The summed E-state index contributed by atoms with van der Waals surface area (Å²) >= 11 is 1.42. The monoisotopic (exact) mass is 358 g/mol. The summed E-state index contributed by atoms with van der Waals surface area (Å²) in [5.74, 6) is -0.527. The van der Waals surface area contributed by atoms with Crippen LogP contribution in [0, 0.1) is 12.7 Å². The number of carbonyl (C=O) groups excluding carboxylic acids is 1. The zero-order valence-electron chi connectivity index (χ0n) is 14.1. The second kappa shape index (κ2) is 7.57. The predicted octanol–water partition coefficient (Wildman–Crippen LogP) is 3.66. The fraction of sp³-hybridized carbons (Fsp3) is 0.278. The number of hydrogen-bond acceptors (Lipinski definition) is 4. The molecule has 7 heteroatoms. The molecule has 130 valence electrons. The van der Waals surface area contributed by atoms with Crippen LogP contribution in [0.5, 0.6) is 0 Å². The Labute approximate surface area is 149 Å². The lowest BCUT2D eigenvalue weighted by atomic mass is 10.2. The highest BCUT2D eigenvalue weighted by Crippen LogP contribution is 2.20. The fourth-order valence-electron chi connectivity index (χ4n) is 2.52. The average Bonchev–Trinajstić information content (AvgIpc) is 3.23. The molecule has 5 nitrogen and oxygen atoms in total. The molecule has 1 amide bonds. The molecule has 3 aromatic rings. The third-order valence-corrected chi connectivity index (χ3v) is 4.97. The van der Waals surface area contributed by atoms with Crippen molar-refractivity contribution in [1.29, 1.82) is 0 Å². The Balaban J connectivity index is 1.67. The smallest absolute Gasteiger partial charge is 0.263 e. The van der Waals surface area contributed by atoms with Gasteiger partial charge in [0.15, 0.2) is 0 Å². The molecule has 1 aromatic carbocycles. The van der Waals surface area contributed by atoms with Crippen molar-refractivity contribution >= 4 is 17.2 Å². The third-order valence-electron chi connectivity index (χ3n) is 3.76. The van der Waals surface area contributed by atoms with Gasteiger partial charge < -0.3 is 9.88 Å². The number of amides is 1. The summed E-state index contributed by atoms with van der Waals surface area (Å²) in [6.07, 6.45) is 6.69. The Kier molecular flexibility index (Phi) is 5.23. The number of nitrogens with zero attached hydrogens (tertiary/aromatic N) is 3. The van der Waals surface area contributed by atoms with E-state index in [0.717, 1.165) is 23.5 Å². The molecule has 0 atom stereocenters. The average molecular weight is 358 g/mol. The summed E-state index contributed by atoms with van der Waals surface area (Å²) in [7, 11) is 0. The van der Waals surface area contributed by atoms with Crippen LogP contribution >= 0.6 is 11.3 Å². The Morgan fingerprint density at radius 2 is 2.24 bits per heavy atom. The maximum absolute atomic E-state index is 14.2. The number of carbonyl (C=O) groups is 1. The maximum atomic E-state index is 14.2. The standard InChI is InChI=1S/C18H19FN4OS/c1-3-4-16-22-12(2)17(25-16)18(24)21-10-13-5-6-15(14(19)9-13)23-8-7-20-11-23/h5-9,11H,3-4,10H2,1-2H3,(H,21,24). The van der Waals surface area contributed by atoms with Gasteiger partial charge in [-0.3, -0.25) is 4.79 Å². The molecule has 2 aromatic heterocycles. The van der Waals surface area contributed by atoms with Crippen molar-refractivity contribution in [2.75, 3.05) is 0 Å². The molecule has 0 aliphatic rings. The lowest BCUT2D eigenvalue weighted by Gasteiger charge is -2.08. The van der Waals surface area contributed by atoms with Crippen LogP contribution in [0.4, 0.5) is 4.39 Å². The number of hydrogen-bond donors (Lipinski definition) is 1. The Bertz CT molecular complexity index is 873. The van der Waals surface area contributed by atoms with Gasteiger partial charge in [0.1, 0.15) is 10.7 Å². The zero-order chi connectivity index (χ0) is 17.8. The molecule has 0 spiro atoms. The van der Waals surface area contributed by atoms with Gasteiger partial charge in [0.05, 0.1) is 22.7 Å². The maximum Gasteiger partial charge on any atom is 0.263 e. The topological polar surface area (TPSA) is 59.8 Å². The molecule has 3 rings (SSSR count). The van der Waals surface area contributed by atoms with Crippen LogP contribution < -0.4 is 5.32 Å². The van der Waals surface area contributed by atoms with E-state index in [-0.39, 0.29) is 18.3 Å². The van der Waals surface area contributed by atoms with Crippen LogP contribution in [0.25, 0.3) is 5.69 Å². The molecule has 0 saturated carbocycles. The fourth-order valence-corrected chi connectivity index (χ4v) is 3.60. The summed E-state index contributed by atoms with van der Waals surface area (Å²) < 4.78 is 15.8. The van der Waals surface area contributed by atoms with Gasteiger partial charge in [-0.05, 0) is 37.5 Å². The Morgan fingerprint density at radius 1 is 1.40 bits per heavy atom. The highest BCUT2D eigenvalue weighted by Gasteiger charge is 2.15. The van der Waals surface area contributed by atoms with Gasteiger partial charge in [0, 0.05) is 18.9 Å². The third kappa shape index (κ3) is 3.93. The van der Waals surface area contributed by atoms with Gasteiger partial charge in [0.25, 0.3) is 5.91 Å². The lowest BCUT2D eigenvalue weighted by Crippen LogP contribution is -2.22. The first-order valence-electron chi connectivity index (χ1n) is 8.09. The van der Waals surface area contributed by atoms with Gasteiger partial charge in [-0.25, -0.2) is 14.4 Å². The van der Waals surface area contributed by atoms with E-state index in [1.165, 1.54) is 17.4 Å². The van der Waals surface area contributed by atoms with Crippen molar-refractivity contribution in [2.45, 2.75) is 33.2 Å². The van der Waals surface area contributed by atoms with Gasteiger partial charge >= 0.3 is 0 Å². The molecule has 0 saturated heterocycles. The molecule has 0 fully saturated rings. The number of imidazole rings is 1. The van der Waals surface area contributed by atoms with Crippen LogP contribution in [0.3, 0.4) is 0 Å². The number of aryl methyl sites for hydroxylation is 2. The highest BCUT2D eigenvalue weighted by molar-refractivity contribution is 7.13. The van der Waals surface area contributed by atoms with E-state index >= 15 is 0 Å². The van der Waals surface area contributed by atoms with E-state index in [4.69, 9.17) is 0 Å². The molecule has 0 bridgehead atoms. The number of benzene rings is 1.